The summed E-state index contributed by atoms with van der Waals surface area (Å²) < 4.78 is 11.3. The van der Waals surface area contributed by atoms with Crippen LogP contribution in [0.5, 0.6) is 0 Å². The van der Waals surface area contributed by atoms with Gasteiger partial charge < -0.3 is 9.31 Å². The highest BCUT2D eigenvalue weighted by atomic mass is 16.7. The van der Waals surface area contributed by atoms with E-state index in [1.807, 2.05) is 0 Å². The first-order chi connectivity index (χ1) is 5.61. The first-order valence-corrected chi connectivity index (χ1v) is 4.78. The fourth-order valence-corrected chi connectivity index (χ4v) is 2.76. The van der Waals surface area contributed by atoms with Gasteiger partial charge >= 0.3 is 7.69 Å². The first kappa shape index (κ1) is 8.58. The van der Waals surface area contributed by atoms with Crippen molar-refractivity contribution >= 4 is 7.69 Å². The van der Waals surface area contributed by atoms with Gasteiger partial charge in [0.1, 0.15) is 0 Å². The van der Waals surface area contributed by atoms with Crippen molar-refractivity contribution in [3.05, 3.63) is 0 Å². The molecule has 1 saturated carbocycles. The van der Waals surface area contributed by atoms with Crippen LogP contribution >= 0.6 is 0 Å². The van der Waals surface area contributed by atoms with Gasteiger partial charge in [0, 0.05) is 0 Å². The Hall–Kier alpha value is -0.0151. The topological polar surface area (TPSA) is 18.5 Å². The van der Waals surface area contributed by atoms with Gasteiger partial charge in [-0.15, -0.1) is 0 Å². The molecule has 2 atom stereocenters. The quantitative estimate of drug-likeness (QED) is 0.555. The van der Waals surface area contributed by atoms with E-state index in [4.69, 9.17) is 9.31 Å². The summed E-state index contributed by atoms with van der Waals surface area (Å²) in [6.45, 7) is 6.60. The maximum Gasteiger partial charge on any atom is 0.489 e. The monoisotopic (exact) mass is 167 g/mol. The summed E-state index contributed by atoms with van der Waals surface area (Å²) in [4.78, 5) is 0. The first-order valence-electron chi connectivity index (χ1n) is 4.78. The van der Waals surface area contributed by atoms with E-state index in [9.17, 15) is 0 Å². The Labute approximate surface area is 74.9 Å². The fourth-order valence-electron chi connectivity index (χ4n) is 2.76. The minimum absolute atomic E-state index is 0.0347. The highest BCUT2D eigenvalue weighted by molar-refractivity contribution is 6.19. The van der Waals surface area contributed by atoms with E-state index in [2.05, 4.69) is 20.8 Å². The van der Waals surface area contributed by atoms with Gasteiger partial charge in [-0.3, -0.25) is 0 Å². The van der Waals surface area contributed by atoms with Gasteiger partial charge in [0.15, 0.2) is 0 Å². The Morgan fingerprint density at radius 3 is 2.58 bits per heavy atom. The minimum atomic E-state index is -0.0544. The van der Waals surface area contributed by atoms with Crippen molar-refractivity contribution in [3.63, 3.8) is 0 Å². The summed E-state index contributed by atoms with van der Waals surface area (Å²) >= 11 is 0. The molecule has 1 saturated heterocycles. The largest absolute Gasteiger partial charge is 0.489 e. The zero-order chi connectivity index (χ0) is 8.82. The van der Waals surface area contributed by atoms with Crippen LogP contribution in [-0.2, 0) is 9.31 Å². The van der Waals surface area contributed by atoms with Gasteiger partial charge in [-0.1, -0.05) is 13.8 Å². The molecule has 67 valence electrons. The summed E-state index contributed by atoms with van der Waals surface area (Å²) in [5, 5.41) is 0. The molecule has 0 spiro atoms. The molecule has 1 aliphatic heterocycles. The van der Waals surface area contributed by atoms with Crippen molar-refractivity contribution < 1.29 is 9.31 Å². The standard InChI is InChI=1S/C9H16BO2/c1-7(2)9-6-4-5-8(9,3)11-10-12-9/h7H,4-6H2,1-3H3. The average molecular weight is 167 g/mol. The summed E-state index contributed by atoms with van der Waals surface area (Å²) in [6.07, 6.45) is 3.49. The van der Waals surface area contributed by atoms with Crippen LogP contribution in [0.1, 0.15) is 40.0 Å². The fraction of sp³-hybridized carbons (Fsp3) is 1.00. The van der Waals surface area contributed by atoms with Crippen molar-refractivity contribution in [2.45, 2.75) is 51.2 Å². The average Bonchev–Trinajstić information content (AvgIpc) is 2.41. The summed E-state index contributed by atoms with van der Waals surface area (Å²) in [7, 11) is 1.54. The SMILES string of the molecule is CC(C)C12CCCC1(C)O[B]O2. The lowest BCUT2D eigenvalue weighted by Gasteiger charge is -2.39. The maximum atomic E-state index is 5.68. The lowest BCUT2D eigenvalue weighted by molar-refractivity contribution is -0.0437. The van der Waals surface area contributed by atoms with Crippen molar-refractivity contribution in [1.82, 2.24) is 0 Å². The van der Waals surface area contributed by atoms with E-state index in [1.54, 1.807) is 7.69 Å². The van der Waals surface area contributed by atoms with Crippen LogP contribution in [0.2, 0.25) is 0 Å². The van der Waals surface area contributed by atoms with E-state index < -0.39 is 0 Å². The van der Waals surface area contributed by atoms with Crippen molar-refractivity contribution in [1.29, 1.82) is 0 Å². The van der Waals surface area contributed by atoms with E-state index in [0.29, 0.717) is 5.92 Å². The molecule has 1 heterocycles. The molecule has 1 radical (unpaired) electrons. The summed E-state index contributed by atoms with van der Waals surface area (Å²) in [5.41, 5.74) is -0.0891. The Morgan fingerprint density at radius 2 is 2.00 bits per heavy atom. The van der Waals surface area contributed by atoms with Crippen LogP contribution in [0, 0.1) is 5.92 Å². The van der Waals surface area contributed by atoms with E-state index in [-0.39, 0.29) is 11.2 Å². The molecule has 2 unspecified atom stereocenters. The summed E-state index contributed by atoms with van der Waals surface area (Å²) in [5.74, 6) is 0.531. The zero-order valence-corrected chi connectivity index (χ0v) is 8.09. The van der Waals surface area contributed by atoms with E-state index in [1.165, 1.54) is 6.42 Å². The molecular weight excluding hydrogens is 151 g/mol. The van der Waals surface area contributed by atoms with Gasteiger partial charge in [-0.25, -0.2) is 0 Å². The molecule has 1 aliphatic carbocycles. The Bertz CT molecular complexity index is 181. The highest BCUT2D eigenvalue weighted by Gasteiger charge is 2.59. The number of rotatable bonds is 1. The van der Waals surface area contributed by atoms with Crippen LogP contribution in [0.25, 0.3) is 0 Å². The van der Waals surface area contributed by atoms with Crippen molar-refractivity contribution in [2.75, 3.05) is 0 Å². The third-order valence-corrected chi connectivity index (χ3v) is 3.60. The van der Waals surface area contributed by atoms with Crippen LogP contribution in [-0.4, -0.2) is 18.9 Å². The second-order valence-electron chi connectivity index (χ2n) is 4.46. The highest BCUT2D eigenvalue weighted by Crippen LogP contribution is 2.51. The van der Waals surface area contributed by atoms with Gasteiger partial charge in [-0.05, 0) is 32.1 Å². The van der Waals surface area contributed by atoms with Crippen LogP contribution in [0.4, 0.5) is 0 Å². The third kappa shape index (κ3) is 0.840. The van der Waals surface area contributed by atoms with Crippen molar-refractivity contribution in [3.8, 4) is 0 Å². The molecule has 2 fully saturated rings. The molecule has 0 bridgehead atoms. The van der Waals surface area contributed by atoms with Gasteiger partial charge in [0.2, 0.25) is 0 Å². The smallest absolute Gasteiger partial charge is 0.405 e. The predicted octanol–water partition coefficient (Wildman–Crippen LogP) is 1.90. The molecule has 0 aromatic carbocycles. The lowest BCUT2D eigenvalue weighted by atomic mass is 9.79. The molecule has 3 heteroatoms. The van der Waals surface area contributed by atoms with Gasteiger partial charge in [-0.2, -0.15) is 0 Å². The Balaban J connectivity index is 2.32. The van der Waals surface area contributed by atoms with Gasteiger partial charge in [0.25, 0.3) is 0 Å². The number of hydrogen-bond acceptors (Lipinski definition) is 2. The predicted molar refractivity (Wildman–Crippen MR) is 47.7 cm³/mol. The molecule has 0 aromatic rings. The summed E-state index contributed by atoms with van der Waals surface area (Å²) in [6, 6.07) is 0. The van der Waals surface area contributed by atoms with Crippen LogP contribution in [0.3, 0.4) is 0 Å². The maximum absolute atomic E-state index is 5.68. The molecular formula is C9H16BO2. The second kappa shape index (κ2) is 2.49. The van der Waals surface area contributed by atoms with E-state index >= 15 is 0 Å². The third-order valence-electron chi connectivity index (χ3n) is 3.60. The van der Waals surface area contributed by atoms with Crippen LogP contribution in [0.15, 0.2) is 0 Å². The van der Waals surface area contributed by atoms with Crippen LogP contribution < -0.4 is 0 Å². The molecule has 12 heavy (non-hydrogen) atoms. The molecule has 2 rings (SSSR count). The molecule has 0 N–H and O–H groups in total. The normalized spacial score (nSPS) is 46.3. The Kier molecular flexibility index (Phi) is 1.78. The zero-order valence-electron chi connectivity index (χ0n) is 8.09. The molecule has 2 nitrogen and oxygen atoms in total. The second-order valence-corrected chi connectivity index (χ2v) is 4.46. The molecule has 0 aromatic heterocycles. The number of hydrogen-bond donors (Lipinski definition) is 0. The molecule has 0 amide bonds. The number of fused-ring (bicyclic) bond motifs is 1. The Morgan fingerprint density at radius 1 is 1.25 bits per heavy atom. The van der Waals surface area contributed by atoms with E-state index in [0.717, 1.165) is 12.8 Å². The minimum Gasteiger partial charge on any atom is -0.405 e. The molecule has 2 aliphatic rings. The lowest BCUT2D eigenvalue weighted by Crippen LogP contribution is -2.48. The van der Waals surface area contributed by atoms with Crippen molar-refractivity contribution in [2.24, 2.45) is 5.92 Å². The van der Waals surface area contributed by atoms with Gasteiger partial charge in [0.05, 0.1) is 11.2 Å².